The lowest BCUT2D eigenvalue weighted by Crippen LogP contribution is -2.25. The van der Waals surface area contributed by atoms with Gasteiger partial charge in [0.1, 0.15) is 10.8 Å². The van der Waals surface area contributed by atoms with Crippen LogP contribution in [0.25, 0.3) is 0 Å². The van der Waals surface area contributed by atoms with Crippen LogP contribution in [0.1, 0.15) is 46.5 Å². The van der Waals surface area contributed by atoms with Crippen molar-refractivity contribution in [3.63, 3.8) is 0 Å². The molecule has 0 bridgehead atoms. The summed E-state index contributed by atoms with van der Waals surface area (Å²) in [6.07, 6.45) is 2.89. The lowest BCUT2D eigenvalue weighted by Gasteiger charge is -2.15. The van der Waals surface area contributed by atoms with E-state index < -0.39 is 0 Å². The van der Waals surface area contributed by atoms with Crippen molar-refractivity contribution in [1.82, 2.24) is 10.6 Å². The van der Waals surface area contributed by atoms with E-state index in [1.807, 2.05) is 6.92 Å². The van der Waals surface area contributed by atoms with Crippen LogP contribution in [0.5, 0.6) is 0 Å². The first-order valence-corrected chi connectivity index (χ1v) is 10.8. The predicted octanol–water partition coefficient (Wildman–Crippen LogP) is 2.27. The lowest BCUT2D eigenvalue weighted by molar-refractivity contribution is -0.122. The van der Waals surface area contributed by atoms with Gasteiger partial charge in [-0.2, -0.15) is 5.26 Å². The third-order valence-electron chi connectivity index (χ3n) is 3.41. The largest absolute Gasteiger partial charge is 0.379 e. The first-order valence-electron chi connectivity index (χ1n) is 9.87. The average Bonchev–Trinajstić information content (AvgIpc) is 2.67. The number of hydrogen-bond acceptors (Lipinski definition) is 7. The zero-order chi connectivity index (χ0) is 20.9. The molecule has 7 nitrogen and oxygen atoms in total. The van der Waals surface area contributed by atoms with Crippen LogP contribution in [0.2, 0.25) is 0 Å². The molecule has 0 aromatic heterocycles. The summed E-state index contributed by atoms with van der Waals surface area (Å²) in [6.45, 7) is 9.61. The van der Waals surface area contributed by atoms with Crippen molar-refractivity contribution < 1.29 is 19.0 Å². The van der Waals surface area contributed by atoms with Crippen LogP contribution in [-0.4, -0.2) is 63.5 Å². The Bertz CT molecular complexity index is 486. The summed E-state index contributed by atoms with van der Waals surface area (Å²) in [7, 11) is 0. The Morgan fingerprint density at radius 1 is 1.11 bits per heavy atom. The summed E-state index contributed by atoms with van der Waals surface area (Å²) >= 11 is 1.15. The molecule has 0 aliphatic carbocycles. The van der Waals surface area contributed by atoms with E-state index in [1.165, 1.54) is 0 Å². The monoisotopic (exact) mass is 413 g/mol. The van der Waals surface area contributed by atoms with Gasteiger partial charge >= 0.3 is 0 Å². The minimum absolute atomic E-state index is 0.0654. The van der Waals surface area contributed by atoms with E-state index in [9.17, 15) is 4.79 Å². The van der Waals surface area contributed by atoms with E-state index in [-0.39, 0.29) is 11.3 Å². The van der Waals surface area contributed by atoms with Gasteiger partial charge < -0.3 is 24.8 Å². The maximum atomic E-state index is 11.5. The van der Waals surface area contributed by atoms with Crippen LogP contribution >= 0.6 is 11.8 Å². The molecule has 0 heterocycles. The van der Waals surface area contributed by atoms with E-state index >= 15 is 0 Å². The van der Waals surface area contributed by atoms with Gasteiger partial charge in [0.05, 0.1) is 39.6 Å². The summed E-state index contributed by atoms with van der Waals surface area (Å²) in [5.41, 5.74) is -0.126. The number of nitrogens with one attached hydrogen (secondary N) is 2. The fourth-order valence-electron chi connectivity index (χ4n) is 2.04. The second-order valence-corrected chi connectivity index (χ2v) is 7.16. The number of nitrogens with zero attached hydrogens (tertiary/aromatic N) is 1. The van der Waals surface area contributed by atoms with E-state index in [1.54, 1.807) is 0 Å². The molecular weight excluding hydrogens is 378 g/mol. The van der Waals surface area contributed by atoms with E-state index in [4.69, 9.17) is 19.5 Å². The van der Waals surface area contributed by atoms with Crippen molar-refractivity contribution in [2.75, 3.05) is 46.1 Å². The molecule has 1 unspecified atom stereocenters. The second-order valence-electron chi connectivity index (χ2n) is 6.22. The van der Waals surface area contributed by atoms with Gasteiger partial charge in [-0.15, -0.1) is 5.92 Å². The van der Waals surface area contributed by atoms with Gasteiger partial charge in [-0.25, -0.2) is 0 Å². The van der Waals surface area contributed by atoms with Crippen LogP contribution in [0, 0.1) is 22.5 Å². The normalized spacial score (nSPS) is 11.5. The quantitative estimate of drug-likeness (QED) is 0.164. The van der Waals surface area contributed by atoms with Gasteiger partial charge in [0.15, 0.2) is 0 Å². The molecule has 0 fully saturated rings. The number of amides is 1. The fourth-order valence-corrected chi connectivity index (χ4v) is 2.60. The standard InChI is InChI=1S/C20H35N3O4S/c1-4-5-6-10-23-19(24)9-12-25-13-14-26-15-16-27-20(28-17-21)8-7-11-22-18(2)3/h18,20,22H,4,7-16H2,1-3H3,(H,23,24). The van der Waals surface area contributed by atoms with Crippen molar-refractivity contribution in [2.24, 2.45) is 0 Å². The Morgan fingerprint density at radius 3 is 2.50 bits per heavy atom. The number of thiocyanates is 1. The maximum Gasteiger partial charge on any atom is 0.223 e. The highest BCUT2D eigenvalue weighted by atomic mass is 32.2. The minimum atomic E-state index is -0.126. The second kappa shape index (κ2) is 20.4. The summed E-state index contributed by atoms with van der Waals surface area (Å²) in [4.78, 5) is 11.5. The van der Waals surface area contributed by atoms with Crippen molar-refractivity contribution in [3.8, 4) is 17.2 Å². The summed E-state index contributed by atoms with van der Waals surface area (Å²) in [5.74, 6) is 5.68. The Hall–Kier alpha value is -1.29. The number of ether oxygens (including phenoxy) is 3. The molecule has 8 heteroatoms. The number of rotatable bonds is 17. The highest BCUT2D eigenvalue weighted by molar-refractivity contribution is 8.04. The number of carbonyl (C=O) groups is 1. The highest BCUT2D eigenvalue weighted by Crippen LogP contribution is 2.16. The molecule has 0 aromatic rings. The van der Waals surface area contributed by atoms with Gasteiger partial charge in [-0.3, -0.25) is 4.79 Å². The predicted molar refractivity (Wildman–Crippen MR) is 113 cm³/mol. The zero-order valence-corrected chi connectivity index (χ0v) is 18.2. The molecule has 0 saturated heterocycles. The Balaban J connectivity index is 3.52. The summed E-state index contributed by atoms with van der Waals surface area (Å²) < 4.78 is 16.5. The Labute approximate surface area is 174 Å². The first-order chi connectivity index (χ1) is 13.6. The van der Waals surface area contributed by atoms with Gasteiger partial charge in [0.2, 0.25) is 5.91 Å². The van der Waals surface area contributed by atoms with E-state index in [0.29, 0.717) is 52.0 Å². The molecule has 28 heavy (non-hydrogen) atoms. The van der Waals surface area contributed by atoms with Crippen LogP contribution < -0.4 is 10.6 Å². The summed E-state index contributed by atoms with van der Waals surface area (Å²) in [6, 6.07) is 0.466. The third kappa shape index (κ3) is 19.5. The van der Waals surface area contributed by atoms with Crippen LogP contribution in [0.3, 0.4) is 0 Å². The fraction of sp³-hybridized carbons (Fsp3) is 0.800. The molecule has 0 spiro atoms. The van der Waals surface area contributed by atoms with Gasteiger partial charge in [0.25, 0.3) is 0 Å². The SMILES string of the molecule is CCC#CCNC(=O)CCOCCOCCOC(CCCNC(C)C)SC#N. The molecule has 1 amide bonds. The maximum absolute atomic E-state index is 11.5. The molecule has 0 aliphatic rings. The van der Waals surface area contributed by atoms with Gasteiger partial charge in [-0.1, -0.05) is 26.7 Å². The van der Waals surface area contributed by atoms with Crippen molar-refractivity contribution in [1.29, 1.82) is 5.26 Å². The molecule has 0 radical (unpaired) electrons. The molecule has 0 aromatic carbocycles. The van der Waals surface area contributed by atoms with Crippen LogP contribution in [-0.2, 0) is 19.0 Å². The molecule has 0 rings (SSSR count). The molecule has 0 saturated carbocycles. The molecular formula is C20H35N3O4S. The topological polar surface area (TPSA) is 92.6 Å². The Kier molecular flexibility index (Phi) is 19.5. The zero-order valence-electron chi connectivity index (χ0n) is 17.4. The summed E-state index contributed by atoms with van der Waals surface area (Å²) in [5, 5.41) is 17.0. The van der Waals surface area contributed by atoms with Crippen molar-refractivity contribution in [3.05, 3.63) is 0 Å². The molecule has 1 atom stereocenters. The van der Waals surface area contributed by atoms with E-state index in [0.717, 1.165) is 37.6 Å². The average molecular weight is 414 g/mol. The van der Waals surface area contributed by atoms with Crippen molar-refractivity contribution in [2.45, 2.75) is 57.9 Å². The van der Waals surface area contributed by atoms with Crippen LogP contribution in [0.4, 0.5) is 0 Å². The first kappa shape index (κ1) is 26.7. The number of nitriles is 1. The molecule has 2 N–H and O–H groups in total. The number of carbonyl (C=O) groups excluding carboxylic acids is 1. The van der Waals surface area contributed by atoms with E-state index in [2.05, 4.69) is 41.7 Å². The number of hydrogen-bond donors (Lipinski definition) is 2. The minimum Gasteiger partial charge on any atom is -0.379 e. The Morgan fingerprint density at radius 2 is 1.82 bits per heavy atom. The molecule has 160 valence electrons. The van der Waals surface area contributed by atoms with Gasteiger partial charge in [0, 0.05) is 18.9 Å². The lowest BCUT2D eigenvalue weighted by atomic mass is 10.3. The third-order valence-corrected chi connectivity index (χ3v) is 4.15. The van der Waals surface area contributed by atoms with Gasteiger partial charge in [-0.05, 0) is 31.1 Å². The highest BCUT2D eigenvalue weighted by Gasteiger charge is 2.09. The van der Waals surface area contributed by atoms with Crippen LogP contribution in [0.15, 0.2) is 0 Å². The smallest absolute Gasteiger partial charge is 0.223 e. The molecule has 0 aliphatic heterocycles. The van der Waals surface area contributed by atoms with Crippen molar-refractivity contribution >= 4 is 17.7 Å². The number of thioether (sulfide) groups is 1.